The standard InChI is InChI=1S/C10H14F3N5O/c1-17(2)8-4-6(10(11,12)13)15-9(16-8)18(3)5-7(14)19/h4H,5H2,1-3H3,(H2,14,19). The Balaban J connectivity index is 3.24. The highest BCUT2D eigenvalue weighted by molar-refractivity contribution is 5.78. The van der Waals surface area contributed by atoms with Crippen LogP contribution in [0.1, 0.15) is 5.69 Å². The van der Waals surface area contributed by atoms with E-state index in [9.17, 15) is 18.0 Å². The summed E-state index contributed by atoms with van der Waals surface area (Å²) in [6.45, 7) is -0.270. The monoisotopic (exact) mass is 277 g/mol. The number of nitrogens with two attached hydrogens (primary N) is 1. The summed E-state index contributed by atoms with van der Waals surface area (Å²) in [6.07, 6.45) is -4.59. The van der Waals surface area contributed by atoms with Gasteiger partial charge in [-0.1, -0.05) is 0 Å². The Labute approximate surface area is 108 Å². The molecule has 0 aliphatic rings. The summed E-state index contributed by atoms with van der Waals surface area (Å²) in [5.74, 6) is -0.805. The first-order chi connectivity index (χ1) is 8.61. The van der Waals surface area contributed by atoms with E-state index in [1.807, 2.05) is 0 Å². The maximum Gasteiger partial charge on any atom is 0.433 e. The second-order valence-electron chi connectivity index (χ2n) is 4.13. The van der Waals surface area contributed by atoms with Crippen molar-refractivity contribution in [1.29, 1.82) is 0 Å². The van der Waals surface area contributed by atoms with E-state index in [1.54, 1.807) is 14.1 Å². The Hall–Kier alpha value is -2.06. The van der Waals surface area contributed by atoms with Gasteiger partial charge in [0, 0.05) is 27.2 Å². The number of amides is 1. The number of anilines is 2. The van der Waals surface area contributed by atoms with Gasteiger partial charge in [0.2, 0.25) is 11.9 Å². The highest BCUT2D eigenvalue weighted by Crippen LogP contribution is 2.30. The summed E-state index contributed by atoms with van der Waals surface area (Å²) < 4.78 is 38.2. The third-order valence-electron chi connectivity index (χ3n) is 2.18. The fourth-order valence-corrected chi connectivity index (χ4v) is 1.27. The molecule has 0 aliphatic carbocycles. The second kappa shape index (κ2) is 5.29. The van der Waals surface area contributed by atoms with E-state index in [-0.39, 0.29) is 18.3 Å². The zero-order chi connectivity index (χ0) is 14.8. The Morgan fingerprint density at radius 1 is 1.32 bits per heavy atom. The number of likely N-dealkylation sites (N-methyl/N-ethyl adjacent to an activating group) is 1. The lowest BCUT2D eigenvalue weighted by Crippen LogP contribution is -2.32. The number of alkyl halides is 3. The molecule has 0 radical (unpaired) electrons. The summed E-state index contributed by atoms with van der Waals surface area (Å²) in [6, 6.07) is 0.835. The minimum Gasteiger partial charge on any atom is -0.368 e. The van der Waals surface area contributed by atoms with E-state index in [1.165, 1.54) is 11.9 Å². The molecule has 2 N–H and O–H groups in total. The Kier molecular flexibility index (Phi) is 4.17. The topological polar surface area (TPSA) is 75.3 Å². The predicted octanol–water partition coefficient (Wildman–Crippen LogP) is 0.483. The van der Waals surface area contributed by atoms with Crippen LogP contribution in [0.2, 0.25) is 0 Å². The molecule has 6 nitrogen and oxygen atoms in total. The number of primary amides is 1. The second-order valence-corrected chi connectivity index (χ2v) is 4.13. The smallest absolute Gasteiger partial charge is 0.368 e. The van der Waals surface area contributed by atoms with Crippen LogP contribution in [0.5, 0.6) is 0 Å². The highest BCUT2D eigenvalue weighted by atomic mass is 19.4. The largest absolute Gasteiger partial charge is 0.433 e. The van der Waals surface area contributed by atoms with Crippen molar-refractivity contribution in [2.24, 2.45) is 5.73 Å². The molecule has 9 heteroatoms. The van der Waals surface area contributed by atoms with Gasteiger partial charge in [-0.25, -0.2) is 4.98 Å². The van der Waals surface area contributed by atoms with Gasteiger partial charge in [0.25, 0.3) is 0 Å². The van der Waals surface area contributed by atoms with Gasteiger partial charge in [0.05, 0.1) is 6.54 Å². The molecule has 1 heterocycles. The molecule has 0 aromatic carbocycles. The van der Waals surface area contributed by atoms with Gasteiger partial charge in [-0.15, -0.1) is 0 Å². The van der Waals surface area contributed by atoms with E-state index in [0.29, 0.717) is 0 Å². The molecule has 1 aromatic rings. The van der Waals surface area contributed by atoms with Crippen molar-refractivity contribution in [2.75, 3.05) is 37.5 Å². The number of rotatable bonds is 4. The van der Waals surface area contributed by atoms with Gasteiger partial charge in [0.15, 0.2) is 5.69 Å². The Morgan fingerprint density at radius 3 is 2.32 bits per heavy atom. The first-order valence-electron chi connectivity index (χ1n) is 5.24. The van der Waals surface area contributed by atoms with Crippen LogP contribution in [0.25, 0.3) is 0 Å². The average Bonchev–Trinajstić information content (AvgIpc) is 2.26. The summed E-state index contributed by atoms with van der Waals surface area (Å²) in [5.41, 5.74) is 3.91. The number of aromatic nitrogens is 2. The molecule has 0 spiro atoms. The van der Waals surface area contributed by atoms with Crippen molar-refractivity contribution in [3.05, 3.63) is 11.8 Å². The van der Waals surface area contributed by atoms with E-state index < -0.39 is 17.8 Å². The van der Waals surface area contributed by atoms with Crippen molar-refractivity contribution < 1.29 is 18.0 Å². The minimum absolute atomic E-state index is 0.0913. The van der Waals surface area contributed by atoms with Gasteiger partial charge in [-0.2, -0.15) is 18.2 Å². The molecule has 1 amide bonds. The van der Waals surface area contributed by atoms with Gasteiger partial charge in [0.1, 0.15) is 5.82 Å². The van der Waals surface area contributed by atoms with Crippen molar-refractivity contribution in [2.45, 2.75) is 6.18 Å². The van der Waals surface area contributed by atoms with Crippen LogP contribution in [0, 0.1) is 0 Å². The summed E-state index contributed by atoms with van der Waals surface area (Å²) in [5, 5.41) is 0. The number of hydrogen-bond donors (Lipinski definition) is 1. The van der Waals surface area contributed by atoms with Crippen LogP contribution in [0.4, 0.5) is 24.9 Å². The van der Waals surface area contributed by atoms with E-state index in [0.717, 1.165) is 11.0 Å². The SMILES string of the molecule is CN(C)c1cc(C(F)(F)F)nc(N(C)CC(N)=O)n1. The fraction of sp³-hybridized carbons (Fsp3) is 0.500. The molecule has 0 unspecified atom stereocenters. The molecule has 0 aliphatic heterocycles. The number of nitrogens with zero attached hydrogens (tertiary/aromatic N) is 4. The minimum atomic E-state index is -4.59. The molecular weight excluding hydrogens is 263 g/mol. The molecule has 0 bridgehead atoms. The van der Waals surface area contributed by atoms with Gasteiger partial charge in [-0.05, 0) is 0 Å². The van der Waals surface area contributed by atoms with Crippen molar-refractivity contribution in [3.63, 3.8) is 0 Å². The molecule has 1 aromatic heterocycles. The average molecular weight is 277 g/mol. The maximum atomic E-state index is 12.7. The zero-order valence-corrected chi connectivity index (χ0v) is 10.7. The lowest BCUT2D eigenvalue weighted by atomic mass is 10.3. The van der Waals surface area contributed by atoms with Crippen LogP contribution >= 0.6 is 0 Å². The van der Waals surface area contributed by atoms with Gasteiger partial charge < -0.3 is 15.5 Å². The van der Waals surface area contributed by atoms with Crippen LogP contribution < -0.4 is 15.5 Å². The van der Waals surface area contributed by atoms with Gasteiger partial charge >= 0.3 is 6.18 Å². The number of carbonyl (C=O) groups is 1. The van der Waals surface area contributed by atoms with Gasteiger partial charge in [-0.3, -0.25) is 4.79 Å². The van der Waals surface area contributed by atoms with Crippen LogP contribution in [0.15, 0.2) is 6.07 Å². The van der Waals surface area contributed by atoms with Crippen LogP contribution in [-0.4, -0.2) is 43.6 Å². The first kappa shape index (κ1) is 15.0. The molecule has 0 atom stereocenters. The Bertz CT molecular complexity index is 475. The predicted molar refractivity (Wildman–Crippen MR) is 63.8 cm³/mol. The fourth-order valence-electron chi connectivity index (χ4n) is 1.27. The number of halogens is 3. The lowest BCUT2D eigenvalue weighted by molar-refractivity contribution is -0.141. The lowest BCUT2D eigenvalue weighted by Gasteiger charge is -2.20. The molecule has 0 saturated carbocycles. The molecule has 19 heavy (non-hydrogen) atoms. The number of hydrogen-bond acceptors (Lipinski definition) is 5. The summed E-state index contributed by atoms with van der Waals surface area (Å²) in [7, 11) is 4.50. The van der Waals surface area contributed by atoms with E-state index in [4.69, 9.17) is 5.73 Å². The molecule has 0 saturated heterocycles. The van der Waals surface area contributed by atoms with Crippen LogP contribution in [-0.2, 0) is 11.0 Å². The molecule has 106 valence electrons. The third-order valence-corrected chi connectivity index (χ3v) is 2.18. The molecular formula is C10H14F3N5O. The summed E-state index contributed by atoms with van der Waals surface area (Å²) >= 11 is 0. The molecule has 0 fully saturated rings. The third kappa shape index (κ3) is 3.97. The first-order valence-corrected chi connectivity index (χ1v) is 5.24. The number of carbonyl (C=O) groups excluding carboxylic acids is 1. The molecule has 1 rings (SSSR count). The highest BCUT2D eigenvalue weighted by Gasteiger charge is 2.34. The zero-order valence-electron chi connectivity index (χ0n) is 10.7. The van der Waals surface area contributed by atoms with E-state index >= 15 is 0 Å². The van der Waals surface area contributed by atoms with Crippen molar-refractivity contribution in [1.82, 2.24) is 9.97 Å². The van der Waals surface area contributed by atoms with E-state index in [2.05, 4.69) is 9.97 Å². The van der Waals surface area contributed by atoms with Crippen molar-refractivity contribution >= 4 is 17.7 Å². The quantitative estimate of drug-likeness (QED) is 0.866. The summed E-state index contributed by atoms with van der Waals surface area (Å²) in [4.78, 5) is 20.7. The maximum absolute atomic E-state index is 12.7. The van der Waals surface area contributed by atoms with Crippen molar-refractivity contribution in [3.8, 4) is 0 Å². The van der Waals surface area contributed by atoms with Crippen LogP contribution in [0.3, 0.4) is 0 Å². The Morgan fingerprint density at radius 2 is 1.89 bits per heavy atom. The normalized spacial score (nSPS) is 11.3.